The quantitative estimate of drug-likeness (QED) is 0.146. The Bertz CT molecular complexity index is 3130. The lowest BCUT2D eigenvalue weighted by molar-refractivity contribution is 0.455. The summed E-state index contributed by atoms with van der Waals surface area (Å²) in [6, 6.07) is 43.5. The van der Waals surface area contributed by atoms with Crippen LogP contribution in [0.1, 0.15) is 58.2 Å². The third-order valence-corrected chi connectivity index (χ3v) is 13.7. The average molecular weight is 735 g/mol. The van der Waals surface area contributed by atoms with Gasteiger partial charge in [-0.05, 0) is 98.1 Å². The van der Waals surface area contributed by atoms with Gasteiger partial charge in [0, 0.05) is 49.5 Å². The first-order valence-corrected chi connectivity index (χ1v) is 20.4. The maximum absolute atomic E-state index is 7.29. The highest BCUT2D eigenvalue weighted by Gasteiger charge is 2.47. The predicted octanol–water partition coefficient (Wildman–Crippen LogP) is 8.65. The first kappa shape index (κ1) is 32.0. The monoisotopic (exact) mass is 734 g/mol. The number of hydrogen-bond donors (Lipinski definition) is 0. The maximum atomic E-state index is 7.29. The second-order valence-electron chi connectivity index (χ2n) is 18.9. The van der Waals surface area contributed by atoms with Crippen LogP contribution in [0.3, 0.4) is 0 Å². The molecule has 0 unspecified atom stereocenters. The molecule has 6 heterocycles. The van der Waals surface area contributed by atoms with Gasteiger partial charge in [0.25, 0.3) is 13.4 Å². The summed E-state index contributed by atoms with van der Waals surface area (Å²) in [5.41, 5.74) is 18.5. The summed E-state index contributed by atoms with van der Waals surface area (Å²) in [4.78, 5) is 0. The van der Waals surface area contributed by atoms with Gasteiger partial charge in [-0.2, -0.15) is 0 Å². The van der Waals surface area contributed by atoms with Crippen molar-refractivity contribution in [3.05, 3.63) is 132 Å². The molecule has 272 valence electrons. The maximum Gasteiger partial charge on any atom is 0.256 e. The van der Waals surface area contributed by atoms with Crippen LogP contribution in [-0.2, 0) is 10.8 Å². The van der Waals surface area contributed by atoms with Crippen molar-refractivity contribution in [2.45, 2.75) is 59.3 Å². The van der Waals surface area contributed by atoms with Crippen molar-refractivity contribution in [3.63, 3.8) is 0 Å². The SMILES string of the molecule is Cc1c2c(cc3c1Oc1cc(C(C)(C)C)cc4c1B3c1cccc3c5ccccc5n-4c13)B1c3c(cc(C(C)(C)C)cc3-n3c4ccccc4c4cccc1c43)O2. The number of nitrogens with zero attached hydrogens (tertiary/aromatic N) is 2. The Hall–Kier alpha value is -6.13. The highest BCUT2D eigenvalue weighted by Crippen LogP contribution is 2.45. The van der Waals surface area contributed by atoms with E-state index in [1.54, 1.807) is 0 Å². The van der Waals surface area contributed by atoms with E-state index in [-0.39, 0.29) is 24.3 Å². The highest BCUT2D eigenvalue weighted by molar-refractivity contribution is 7.02. The van der Waals surface area contributed by atoms with Crippen LogP contribution in [0.25, 0.3) is 55.0 Å². The summed E-state index contributed by atoms with van der Waals surface area (Å²) in [5, 5.41) is 5.15. The van der Waals surface area contributed by atoms with Gasteiger partial charge in [-0.1, -0.05) is 120 Å². The van der Waals surface area contributed by atoms with Gasteiger partial charge in [-0.3, -0.25) is 0 Å². The molecule has 0 N–H and O–H groups in total. The Balaban J connectivity index is 1.15. The number of hydrogen-bond acceptors (Lipinski definition) is 2. The van der Waals surface area contributed by atoms with Gasteiger partial charge in [0.1, 0.15) is 23.0 Å². The van der Waals surface area contributed by atoms with Crippen molar-refractivity contribution in [1.29, 1.82) is 0 Å². The van der Waals surface area contributed by atoms with Crippen LogP contribution in [0.5, 0.6) is 23.0 Å². The van der Waals surface area contributed by atoms with Crippen LogP contribution in [0.4, 0.5) is 0 Å². The molecule has 7 aromatic carbocycles. The second-order valence-corrected chi connectivity index (χ2v) is 18.9. The van der Waals surface area contributed by atoms with Gasteiger partial charge in [0.05, 0.1) is 11.0 Å². The lowest BCUT2D eigenvalue weighted by Crippen LogP contribution is -2.62. The van der Waals surface area contributed by atoms with Crippen LogP contribution in [-0.4, -0.2) is 22.6 Å². The van der Waals surface area contributed by atoms with Crippen LogP contribution < -0.4 is 42.3 Å². The van der Waals surface area contributed by atoms with E-state index in [1.807, 2.05) is 0 Å². The summed E-state index contributed by atoms with van der Waals surface area (Å²) in [7, 11) is 0. The van der Waals surface area contributed by atoms with Crippen molar-refractivity contribution in [2.75, 3.05) is 0 Å². The highest BCUT2D eigenvalue weighted by atomic mass is 16.5. The number of ether oxygens (including phenoxy) is 2. The molecule has 0 saturated heterocycles. The van der Waals surface area contributed by atoms with E-state index in [4.69, 9.17) is 9.47 Å². The molecule has 4 aliphatic heterocycles. The Morgan fingerprint density at radius 1 is 0.456 bits per heavy atom. The lowest BCUT2D eigenvalue weighted by Gasteiger charge is -2.39. The molecule has 4 aliphatic rings. The van der Waals surface area contributed by atoms with E-state index < -0.39 is 0 Å². The molecule has 0 amide bonds. The molecule has 4 nitrogen and oxygen atoms in total. The minimum atomic E-state index is -0.0750. The Labute approximate surface area is 332 Å². The van der Waals surface area contributed by atoms with Gasteiger partial charge < -0.3 is 18.6 Å². The minimum Gasteiger partial charge on any atom is -0.458 e. The van der Waals surface area contributed by atoms with E-state index in [0.29, 0.717) is 0 Å². The summed E-state index contributed by atoms with van der Waals surface area (Å²) < 4.78 is 19.6. The van der Waals surface area contributed by atoms with Crippen LogP contribution in [0.15, 0.2) is 115 Å². The minimum absolute atomic E-state index is 0.00718. The standard InChI is InChI=1S/C51H40B2N2O2/c1-27-48-36(52-34-18-12-16-32-30-14-8-10-20-38(30)54(46(32)34)40-22-28(50(2,3)4)24-42(56-48)44(40)52)26-37-49(27)57-43-25-29(51(5,6)7)23-41-45(43)53(37)35-19-13-17-33-31-15-9-11-21-39(31)55(41)47(33)35/h8-26H,1-7H3. The van der Waals surface area contributed by atoms with E-state index in [9.17, 15) is 0 Å². The third kappa shape index (κ3) is 3.87. The van der Waals surface area contributed by atoms with E-state index >= 15 is 0 Å². The van der Waals surface area contributed by atoms with Crippen molar-refractivity contribution >= 4 is 89.8 Å². The molecule has 0 spiro atoms. The van der Waals surface area contributed by atoms with Crippen molar-refractivity contribution in [2.24, 2.45) is 0 Å². The second kappa shape index (κ2) is 10.2. The Kier molecular flexibility index (Phi) is 5.75. The van der Waals surface area contributed by atoms with Crippen LogP contribution in [0, 0.1) is 6.92 Å². The topological polar surface area (TPSA) is 28.3 Å². The molecule has 0 radical (unpaired) electrons. The molecule has 2 aromatic heterocycles. The molecular formula is C51H40B2N2O2. The first-order valence-electron chi connectivity index (χ1n) is 20.4. The molecule has 6 heteroatoms. The Morgan fingerprint density at radius 2 is 0.877 bits per heavy atom. The van der Waals surface area contributed by atoms with Crippen molar-refractivity contribution in [3.8, 4) is 34.4 Å². The number of para-hydroxylation sites is 4. The van der Waals surface area contributed by atoms with Gasteiger partial charge in [-0.15, -0.1) is 0 Å². The van der Waals surface area contributed by atoms with Gasteiger partial charge in [-0.25, -0.2) is 0 Å². The summed E-state index contributed by atoms with van der Waals surface area (Å²) in [6.07, 6.45) is 0. The summed E-state index contributed by atoms with van der Waals surface area (Å²) in [5.74, 6) is 3.73. The number of benzene rings is 7. The molecule has 9 aromatic rings. The van der Waals surface area contributed by atoms with Crippen molar-refractivity contribution in [1.82, 2.24) is 9.13 Å². The third-order valence-electron chi connectivity index (χ3n) is 13.7. The van der Waals surface area contributed by atoms with Gasteiger partial charge >= 0.3 is 0 Å². The van der Waals surface area contributed by atoms with Gasteiger partial charge in [0.15, 0.2) is 0 Å². The van der Waals surface area contributed by atoms with E-state index in [0.717, 1.165) is 28.6 Å². The predicted molar refractivity (Wildman–Crippen MR) is 240 cm³/mol. The molecule has 0 bridgehead atoms. The van der Waals surface area contributed by atoms with Crippen LogP contribution >= 0.6 is 0 Å². The van der Waals surface area contributed by atoms with Crippen LogP contribution in [0.2, 0.25) is 0 Å². The number of fused-ring (bicyclic) bond motifs is 14. The molecule has 0 saturated carbocycles. The zero-order valence-electron chi connectivity index (χ0n) is 33.3. The summed E-state index contributed by atoms with van der Waals surface area (Å²) in [6.45, 7) is 16.0. The smallest absolute Gasteiger partial charge is 0.256 e. The number of aromatic nitrogens is 2. The van der Waals surface area contributed by atoms with Crippen molar-refractivity contribution < 1.29 is 9.47 Å². The average Bonchev–Trinajstić information content (AvgIpc) is 3.72. The normalized spacial score (nSPS) is 14.4. The first-order chi connectivity index (χ1) is 27.5. The molecule has 57 heavy (non-hydrogen) atoms. The molecular weight excluding hydrogens is 694 g/mol. The fraction of sp³-hybridized carbons (Fsp3) is 0.176. The zero-order chi connectivity index (χ0) is 38.4. The lowest BCUT2D eigenvalue weighted by atomic mass is 9.31. The molecule has 0 fully saturated rings. The summed E-state index contributed by atoms with van der Waals surface area (Å²) >= 11 is 0. The molecule has 13 rings (SSSR count). The fourth-order valence-electron chi connectivity index (χ4n) is 11.0. The molecule has 0 atom stereocenters. The molecule has 0 aliphatic carbocycles. The number of rotatable bonds is 0. The largest absolute Gasteiger partial charge is 0.458 e. The van der Waals surface area contributed by atoms with E-state index in [1.165, 1.54) is 98.9 Å². The zero-order valence-corrected chi connectivity index (χ0v) is 33.3. The fourth-order valence-corrected chi connectivity index (χ4v) is 11.0. The van der Waals surface area contributed by atoms with E-state index in [2.05, 4.69) is 173 Å². The Morgan fingerprint density at radius 3 is 1.32 bits per heavy atom. The van der Waals surface area contributed by atoms with Gasteiger partial charge in [0.2, 0.25) is 0 Å².